The normalized spacial score (nSPS) is 10.9. The number of nitrogens with zero attached hydrogens (tertiary/aromatic N) is 1. The molecular formula is C7H10ClNOS. The smallest absolute Gasteiger partial charge is 0.0596 e. The minimum Gasteiger partial charge on any atom is -0.302 e. The molecule has 0 unspecified atom stereocenters. The molecule has 1 aromatic heterocycles. The largest absolute Gasteiger partial charge is 0.302 e. The molecule has 0 saturated carbocycles. The van der Waals surface area contributed by atoms with E-state index in [9.17, 15) is 0 Å². The first-order valence-electron chi connectivity index (χ1n) is 3.21. The van der Waals surface area contributed by atoms with Crippen LogP contribution < -0.4 is 0 Å². The highest BCUT2D eigenvalue weighted by Gasteiger charge is 2.03. The Morgan fingerprint density at radius 1 is 1.73 bits per heavy atom. The first-order chi connectivity index (χ1) is 5.24. The number of rotatable bonds is 3. The molecule has 0 atom stereocenters. The van der Waals surface area contributed by atoms with Crippen molar-refractivity contribution >= 4 is 22.9 Å². The fourth-order valence-corrected chi connectivity index (χ4v) is 1.84. The van der Waals surface area contributed by atoms with Crippen molar-refractivity contribution in [3.8, 4) is 0 Å². The second-order valence-corrected chi connectivity index (χ2v) is 3.57. The van der Waals surface area contributed by atoms with Crippen molar-refractivity contribution in [3.05, 3.63) is 21.3 Å². The van der Waals surface area contributed by atoms with Gasteiger partial charge in [-0.1, -0.05) is 11.6 Å². The third-order valence-corrected chi connectivity index (χ3v) is 2.74. The van der Waals surface area contributed by atoms with Crippen LogP contribution in [0.4, 0.5) is 0 Å². The zero-order valence-electron chi connectivity index (χ0n) is 6.50. The molecule has 0 radical (unpaired) electrons. The molecule has 1 aromatic rings. The Morgan fingerprint density at radius 3 is 2.91 bits per heavy atom. The van der Waals surface area contributed by atoms with Gasteiger partial charge in [-0.3, -0.25) is 0 Å². The molecule has 0 aromatic carbocycles. The molecule has 4 heteroatoms. The maximum atomic E-state index is 5.87. The lowest BCUT2D eigenvalue weighted by atomic mass is 10.4. The quantitative estimate of drug-likeness (QED) is 0.681. The predicted molar refractivity (Wildman–Crippen MR) is 47.8 cm³/mol. The number of hydroxylamine groups is 2. The summed E-state index contributed by atoms with van der Waals surface area (Å²) in [5.74, 6) is 0. The Bertz CT molecular complexity index is 226. The summed E-state index contributed by atoms with van der Waals surface area (Å²) < 4.78 is 0. The van der Waals surface area contributed by atoms with Gasteiger partial charge in [-0.05, 0) is 11.4 Å². The second kappa shape index (κ2) is 4.07. The van der Waals surface area contributed by atoms with Crippen LogP contribution in [0.1, 0.15) is 4.88 Å². The average Bonchev–Trinajstić information content (AvgIpc) is 2.37. The number of hydrogen-bond acceptors (Lipinski definition) is 3. The van der Waals surface area contributed by atoms with Crippen LogP contribution in [0, 0.1) is 0 Å². The van der Waals surface area contributed by atoms with Crippen molar-refractivity contribution in [3.63, 3.8) is 0 Å². The summed E-state index contributed by atoms with van der Waals surface area (Å²) in [6.07, 6.45) is 0. The van der Waals surface area contributed by atoms with Crippen LogP contribution in [0.3, 0.4) is 0 Å². The molecule has 0 fully saturated rings. The number of halogens is 1. The van der Waals surface area contributed by atoms with E-state index in [1.54, 1.807) is 23.5 Å². The van der Waals surface area contributed by atoms with Gasteiger partial charge in [0, 0.05) is 11.9 Å². The van der Waals surface area contributed by atoms with E-state index < -0.39 is 0 Å². The molecule has 11 heavy (non-hydrogen) atoms. The molecule has 0 aliphatic carbocycles. The fraction of sp³-hybridized carbons (Fsp3) is 0.429. The second-order valence-electron chi connectivity index (χ2n) is 2.16. The Balaban J connectivity index is 2.56. The molecule has 0 N–H and O–H groups in total. The standard InChI is InChI=1S/C7H10ClNOS/c1-9(10-2)5-7-6(8)3-4-11-7/h3-4H,5H2,1-2H3. The third-order valence-electron chi connectivity index (χ3n) is 1.37. The molecular weight excluding hydrogens is 182 g/mol. The molecule has 0 aliphatic heterocycles. The summed E-state index contributed by atoms with van der Waals surface area (Å²) >= 11 is 7.51. The SMILES string of the molecule is CON(C)Cc1sccc1Cl. The van der Waals surface area contributed by atoms with E-state index in [1.165, 1.54) is 0 Å². The predicted octanol–water partition coefficient (Wildman–Crippen LogP) is 2.39. The van der Waals surface area contributed by atoms with Crippen molar-refractivity contribution in [1.29, 1.82) is 0 Å². The Labute approximate surface area is 75.3 Å². The van der Waals surface area contributed by atoms with E-state index in [0.29, 0.717) is 0 Å². The molecule has 0 saturated heterocycles. The van der Waals surface area contributed by atoms with E-state index in [-0.39, 0.29) is 0 Å². The summed E-state index contributed by atoms with van der Waals surface area (Å²) in [5, 5.41) is 4.53. The lowest BCUT2D eigenvalue weighted by Gasteiger charge is -2.11. The topological polar surface area (TPSA) is 12.5 Å². The highest BCUT2D eigenvalue weighted by Crippen LogP contribution is 2.22. The van der Waals surface area contributed by atoms with Crippen LogP contribution in [0.15, 0.2) is 11.4 Å². The first kappa shape index (κ1) is 9.00. The van der Waals surface area contributed by atoms with Gasteiger partial charge in [-0.15, -0.1) is 11.3 Å². The highest BCUT2D eigenvalue weighted by atomic mass is 35.5. The number of hydrogen-bond donors (Lipinski definition) is 0. The van der Waals surface area contributed by atoms with Crippen LogP contribution in [-0.2, 0) is 11.4 Å². The summed E-state index contributed by atoms with van der Waals surface area (Å²) in [7, 11) is 3.51. The molecule has 2 nitrogen and oxygen atoms in total. The van der Waals surface area contributed by atoms with E-state index in [0.717, 1.165) is 16.4 Å². The first-order valence-corrected chi connectivity index (χ1v) is 4.47. The molecule has 0 bridgehead atoms. The minimum absolute atomic E-state index is 0.743. The van der Waals surface area contributed by atoms with Crippen LogP contribution in [0.25, 0.3) is 0 Å². The van der Waals surface area contributed by atoms with Gasteiger partial charge < -0.3 is 4.84 Å². The Morgan fingerprint density at radius 2 is 2.45 bits per heavy atom. The summed E-state index contributed by atoms with van der Waals surface area (Å²) in [4.78, 5) is 6.10. The van der Waals surface area contributed by atoms with Crippen molar-refractivity contribution in [2.75, 3.05) is 14.2 Å². The van der Waals surface area contributed by atoms with Crippen LogP contribution in [-0.4, -0.2) is 19.2 Å². The fourth-order valence-electron chi connectivity index (χ4n) is 0.705. The van der Waals surface area contributed by atoms with E-state index in [2.05, 4.69) is 0 Å². The van der Waals surface area contributed by atoms with Crippen molar-refractivity contribution in [2.45, 2.75) is 6.54 Å². The van der Waals surface area contributed by atoms with E-state index in [1.807, 2.05) is 18.5 Å². The van der Waals surface area contributed by atoms with Gasteiger partial charge >= 0.3 is 0 Å². The van der Waals surface area contributed by atoms with E-state index in [4.69, 9.17) is 16.4 Å². The number of thiophene rings is 1. The van der Waals surface area contributed by atoms with Gasteiger partial charge in [-0.25, -0.2) is 0 Å². The molecule has 1 heterocycles. The van der Waals surface area contributed by atoms with E-state index >= 15 is 0 Å². The van der Waals surface area contributed by atoms with Gasteiger partial charge in [0.25, 0.3) is 0 Å². The Hall–Kier alpha value is -0.0900. The van der Waals surface area contributed by atoms with Crippen LogP contribution in [0.5, 0.6) is 0 Å². The summed E-state index contributed by atoms with van der Waals surface area (Å²) in [6, 6.07) is 1.89. The summed E-state index contributed by atoms with van der Waals surface area (Å²) in [5.41, 5.74) is 0. The zero-order chi connectivity index (χ0) is 8.27. The van der Waals surface area contributed by atoms with Crippen molar-refractivity contribution in [1.82, 2.24) is 5.06 Å². The molecule has 1 rings (SSSR count). The van der Waals surface area contributed by atoms with Crippen molar-refractivity contribution in [2.24, 2.45) is 0 Å². The zero-order valence-corrected chi connectivity index (χ0v) is 8.08. The van der Waals surface area contributed by atoms with Gasteiger partial charge in [0.2, 0.25) is 0 Å². The Kier molecular flexibility index (Phi) is 3.33. The van der Waals surface area contributed by atoms with Gasteiger partial charge in [0.15, 0.2) is 0 Å². The summed E-state index contributed by atoms with van der Waals surface area (Å²) in [6.45, 7) is 0.743. The molecule has 0 amide bonds. The maximum absolute atomic E-state index is 5.87. The van der Waals surface area contributed by atoms with Gasteiger partial charge in [-0.2, -0.15) is 5.06 Å². The van der Waals surface area contributed by atoms with Crippen molar-refractivity contribution < 1.29 is 4.84 Å². The minimum atomic E-state index is 0.743. The highest BCUT2D eigenvalue weighted by molar-refractivity contribution is 7.10. The molecule has 62 valence electrons. The lowest BCUT2D eigenvalue weighted by molar-refractivity contribution is -0.115. The lowest BCUT2D eigenvalue weighted by Crippen LogP contribution is -2.14. The third kappa shape index (κ3) is 2.45. The van der Waals surface area contributed by atoms with Crippen LogP contribution in [0.2, 0.25) is 5.02 Å². The molecule has 0 aliphatic rings. The van der Waals surface area contributed by atoms with Crippen LogP contribution >= 0.6 is 22.9 Å². The van der Waals surface area contributed by atoms with Gasteiger partial charge in [0.05, 0.1) is 18.7 Å². The maximum Gasteiger partial charge on any atom is 0.0596 e. The molecule has 0 spiro atoms. The monoisotopic (exact) mass is 191 g/mol. The van der Waals surface area contributed by atoms with Gasteiger partial charge in [0.1, 0.15) is 0 Å². The average molecular weight is 192 g/mol.